The van der Waals surface area contributed by atoms with Crippen LogP contribution in [0.3, 0.4) is 0 Å². The maximum atomic E-state index is 9.87. The zero-order chi connectivity index (χ0) is 24.3. The van der Waals surface area contributed by atoms with Crippen molar-refractivity contribution >= 4 is 38.5 Å². The molecule has 1 saturated carbocycles. The molecule has 1 aliphatic heterocycles. The zero-order valence-corrected chi connectivity index (χ0v) is 21.1. The van der Waals surface area contributed by atoms with Gasteiger partial charge in [0.05, 0.1) is 28.2 Å². The smallest absolute Gasteiger partial charge is 0.225 e. The van der Waals surface area contributed by atoms with Gasteiger partial charge in [0.1, 0.15) is 5.82 Å². The molecule has 3 aromatic heterocycles. The summed E-state index contributed by atoms with van der Waals surface area (Å²) < 4.78 is 1.11. The van der Waals surface area contributed by atoms with Crippen LogP contribution in [-0.4, -0.2) is 60.4 Å². The molecule has 4 N–H and O–H groups in total. The van der Waals surface area contributed by atoms with Crippen LogP contribution in [0.4, 0.5) is 16.9 Å². The fraction of sp³-hybridized carbons (Fsp3) is 0.462. The van der Waals surface area contributed by atoms with Crippen LogP contribution in [0.2, 0.25) is 0 Å². The van der Waals surface area contributed by atoms with Crippen molar-refractivity contribution in [1.82, 2.24) is 30.0 Å². The molecule has 1 aliphatic carbocycles. The summed E-state index contributed by atoms with van der Waals surface area (Å²) in [7, 11) is 0. The number of hydrogen-bond acceptors (Lipinski definition) is 9. The normalized spacial score (nSPS) is 21.0. The first-order valence-electron chi connectivity index (χ1n) is 12.9. The van der Waals surface area contributed by atoms with E-state index in [4.69, 9.17) is 15.0 Å². The number of likely N-dealkylation sites (tertiary alicyclic amines) is 1. The largest absolute Gasteiger partial charge is 0.393 e. The van der Waals surface area contributed by atoms with Crippen LogP contribution in [0, 0.1) is 0 Å². The van der Waals surface area contributed by atoms with Crippen LogP contribution in [0.5, 0.6) is 0 Å². The third-order valence-electron chi connectivity index (χ3n) is 7.10. The molecule has 6 rings (SSSR count). The van der Waals surface area contributed by atoms with Crippen LogP contribution in [0.25, 0.3) is 21.3 Å². The summed E-state index contributed by atoms with van der Waals surface area (Å²) in [6.07, 6.45) is 10.9. The summed E-state index contributed by atoms with van der Waals surface area (Å²) >= 11 is 1.61. The number of benzene rings is 1. The van der Waals surface area contributed by atoms with Gasteiger partial charge in [-0.3, -0.25) is 10.00 Å². The minimum atomic E-state index is -0.181. The standard InChI is InChI=1S/C26H32N8OS/c35-21-7-5-19(6-8-21)29-25-30-20(16-34-10-2-1-3-11-34)13-24(32-25)33-26-31-22-9-4-17(12-23(22)36-26)18-14-27-28-15-18/h4,9,12-15,19,21,35H,1-3,5-8,10-11,16H2,(H,27,28)(H2,29,30,31,32,33)/t19-,21-. The van der Waals surface area contributed by atoms with Crippen molar-refractivity contribution in [3.8, 4) is 11.1 Å². The maximum Gasteiger partial charge on any atom is 0.225 e. The first kappa shape index (κ1) is 23.3. The molecule has 4 heterocycles. The molecule has 0 bridgehead atoms. The molecule has 0 spiro atoms. The van der Waals surface area contributed by atoms with E-state index in [1.165, 1.54) is 19.3 Å². The number of nitrogens with zero attached hydrogens (tertiary/aromatic N) is 5. The van der Waals surface area contributed by atoms with Gasteiger partial charge in [0.25, 0.3) is 0 Å². The molecule has 2 aliphatic rings. The van der Waals surface area contributed by atoms with E-state index in [1.807, 2.05) is 24.5 Å². The molecule has 0 atom stereocenters. The molecule has 10 heteroatoms. The molecular weight excluding hydrogens is 472 g/mol. The number of hydrogen-bond donors (Lipinski definition) is 4. The van der Waals surface area contributed by atoms with Crippen molar-refractivity contribution in [3.63, 3.8) is 0 Å². The molecule has 0 unspecified atom stereocenters. The molecule has 9 nitrogen and oxygen atoms in total. The van der Waals surface area contributed by atoms with E-state index in [1.54, 1.807) is 11.3 Å². The van der Waals surface area contributed by atoms with E-state index in [0.29, 0.717) is 5.95 Å². The highest BCUT2D eigenvalue weighted by Crippen LogP contribution is 2.32. The number of rotatable bonds is 7. The summed E-state index contributed by atoms with van der Waals surface area (Å²) in [5.74, 6) is 1.40. The zero-order valence-electron chi connectivity index (χ0n) is 20.3. The van der Waals surface area contributed by atoms with E-state index in [-0.39, 0.29) is 12.1 Å². The van der Waals surface area contributed by atoms with Gasteiger partial charge in [-0.05, 0) is 69.3 Å². The lowest BCUT2D eigenvalue weighted by Crippen LogP contribution is -2.30. The van der Waals surface area contributed by atoms with Crippen molar-refractivity contribution in [3.05, 3.63) is 42.4 Å². The number of aliphatic hydroxyl groups excluding tert-OH is 1. The Labute approximate surface area is 214 Å². The Balaban J connectivity index is 1.24. The second kappa shape index (κ2) is 10.5. The van der Waals surface area contributed by atoms with E-state index in [2.05, 4.69) is 37.9 Å². The predicted octanol–water partition coefficient (Wildman–Crippen LogP) is 4.92. The Bertz CT molecular complexity index is 1290. The number of fused-ring (bicyclic) bond motifs is 1. The second-order valence-corrected chi connectivity index (χ2v) is 10.9. The number of H-pyrrole nitrogens is 1. The number of aromatic amines is 1. The molecule has 1 saturated heterocycles. The average molecular weight is 505 g/mol. The van der Waals surface area contributed by atoms with E-state index >= 15 is 0 Å². The van der Waals surface area contributed by atoms with Crippen LogP contribution < -0.4 is 10.6 Å². The maximum absolute atomic E-state index is 9.87. The Morgan fingerprint density at radius 3 is 2.67 bits per heavy atom. The number of anilines is 3. The van der Waals surface area contributed by atoms with E-state index < -0.39 is 0 Å². The molecule has 36 heavy (non-hydrogen) atoms. The number of aromatic nitrogens is 5. The van der Waals surface area contributed by atoms with Gasteiger partial charge in [-0.15, -0.1) is 0 Å². The first-order chi connectivity index (χ1) is 17.7. The van der Waals surface area contributed by atoms with Crippen molar-refractivity contribution in [2.45, 2.75) is 63.6 Å². The van der Waals surface area contributed by atoms with Gasteiger partial charge in [-0.25, -0.2) is 9.97 Å². The van der Waals surface area contributed by atoms with Crippen molar-refractivity contribution in [2.24, 2.45) is 0 Å². The van der Waals surface area contributed by atoms with Crippen LogP contribution >= 0.6 is 11.3 Å². The first-order valence-corrected chi connectivity index (χ1v) is 13.7. The Morgan fingerprint density at radius 2 is 1.86 bits per heavy atom. The number of thiazole rings is 1. The SMILES string of the molecule is O[C@H]1CC[C@H](Nc2nc(CN3CCCCC3)cc(Nc3nc4ccc(-c5cn[nH]c5)cc4s3)n2)CC1. The molecule has 2 fully saturated rings. The minimum absolute atomic E-state index is 0.181. The highest BCUT2D eigenvalue weighted by Gasteiger charge is 2.21. The lowest BCUT2D eigenvalue weighted by Gasteiger charge is -2.27. The average Bonchev–Trinajstić information content (AvgIpc) is 3.55. The van der Waals surface area contributed by atoms with Crippen LogP contribution in [-0.2, 0) is 6.54 Å². The summed E-state index contributed by atoms with van der Waals surface area (Å²) in [6, 6.07) is 8.60. The summed E-state index contributed by atoms with van der Waals surface area (Å²) in [4.78, 5) is 16.9. The summed E-state index contributed by atoms with van der Waals surface area (Å²) in [5.41, 5.74) is 4.14. The molecule has 1 aromatic carbocycles. The lowest BCUT2D eigenvalue weighted by molar-refractivity contribution is 0.126. The highest BCUT2D eigenvalue weighted by molar-refractivity contribution is 7.22. The van der Waals surface area contributed by atoms with Gasteiger partial charge in [0, 0.05) is 30.4 Å². The molecule has 0 radical (unpaired) electrons. The summed E-state index contributed by atoms with van der Waals surface area (Å²) in [6.45, 7) is 3.06. The monoisotopic (exact) mass is 504 g/mol. The quantitative estimate of drug-likeness (QED) is 0.280. The number of nitrogens with one attached hydrogen (secondary N) is 3. The van der Waals surface area contributed by atoms with E-state index in [0.717, 1.165) is 83.3 Å². The predicted molar refractivity (Wildman–Crippen MR) is 144 cm³/mol. The Hall–Kier alpha value is -3.08. The van der Waals surface area contributed by atoms with Gasteiger partial charge in [0.2, 0.25) is 5.95 Å². The fourth-order valence-electron chi connectivity index (χ4n) is 5.13. The van der Waals surface area contributed by atoms with Gasteiger partial charge < -0.3 is 15.7 Å². The fourth-order valence-corrected chi connectivity index (χ4v) is 6.04. The third-order valence-corrected chi connectivity index (χ3v) is 8.03. The van der Waals surface area contributed by atoms with Crippen molar-refractivity contribution in [2.75, 3.05) is 23.7 Å². The van der Waals surface area contributed by atoms with Crippen molar-refractivity contribution in [1.29, 1.82) is 0 Å². The van der Waals surface area contributed by atoms with Crippen LogP contribution in [0.15, 0.2) is 36.7 Å². The van der Waals surface area contributed by atoms with Crippen LogP contribution in [0.1, 0.15) is 50.6 Å². The van der Waals surface area contributed by atoms with E-state index in [9.17, 15) is 5.11 Å². The van der Waals surface area contributed by atoms with Gasteiger partial charge in [-0.2, -0.15) is 10.1 Å². The second-order valence-electron chi connectivity index (χ2n) is 9.87. The molecule has 0 amide bonds. The molecular formula is C26H32N8OS. The minimum Gasteiger partial charge on any atom is -0.393 e. The highest BCUT2D eigenvalue weighted by atomic mass is 32.1. The van der Waals surface area contributed by atoms with Gasteiger partial charge in [-0.1, -0.05) is 23.8 Å². The van der Waals surface area contributed by atoms with Gasteiger partial charge in [0.15, 0.2) is 5.13 Å². The Kier molecular flexibility index (Phi) is 6.80. The van der Waals surface area contributed by atoms with Gasteiger partial charge >= 0.3 is 0 Å². The Morgan fingerprint density at radius 1 is 1.00 bits per heavy atom. The molecule has 188 valence electrons. The van der Waals surface area contributed by atoms with Crippen molar-refractivity contribution < 1.29 is 5.11 Å². The lowest BCUT2D eigenvalue weighted by atomic mass is 9.93. The topological polar surface area (TPSA) is 115 Å². The third kappa shape index (κ3) is 5.50. The summed E-state index contributed by atoms with van der Waals surface area (Å²) in [5, 5.41) is 24.6. The number of aliphatic hydroxyl groups is 1. The number of piperidine rings is 1. The molecule has 4 aromatic rings.